The number of rotatable bonds is 5. The van der Waals surface area contributed by atoms with Crippen molar-refractivity contribution in [3.63, 3.8) is 0 Å². The Morgan fingerprint density at radius 2 is 1.80 bits per heavy atom. The van der Waals surface area contributed by atoms with Crippen LogP contribution in [0.1, 0.15) is 33.7 Å². The van der Waals surface area contributed by atoms with Crippen LogP contribution in [0.15, 0.2) is 52.9 Å². The Kier molecular flexibility index (Phi) is 4.57. The molecule has 0 fully saturated rings. The van der Waals surface area contributed by atoms with Crippen LogP contribution in [-0.4, -0.2) is 15.8 Å². The smallest absolute Gasteiger partial charge is 0.290 e. The van der Waals surface area contributed by atoms with Gasteiger partial charge in [-0.1, -0.05) is 18.2 Å². The summed E-state index contributed by atoms with van der Waals surface area (Å²) in [5.74, 6) is -0.671. The number of aryl methyl sites for hydroxylation is 2. The number of carbonyl (C=O) groups is 1. The molecule has 0 radical (unpaired) electrons. The number of carbonyl (C=O) groups excluding carboxylic acids is 1. The van der Waals surface area contributed by atoms with E-state index in [1.807, 2.05) is 24.3 Å². The fourth-order valence-corrected chi connectivity index (χ4v) is 2.37. The van der Waals surface area contributed by atoms with Crippen LogP contribution in [0.3, 0.4) is 0 Å². The van der Waals surface area contributed by atoms with Gasteiger partial charge < -0.3 is 9.15 Å². The minimum absolute atomic E-state index is 0.0280. The average molecular weight is 333 g/mol. The minimum Gasteiger partial charge on any atom is -0.426 e. The second kappa shape index (κ2) is 6.97. The minimum atomic E-state index is -1.13. The van der Waals surface area contributed by atoms with Gasteiger partial charge in [0, 0.05) is 17.5 Å². The van der Waals surface area contributed by atoms with Crippen LogP contribution in [-0.2, 0) is 0 Å². The summed E-state index contributed by atoms with van der Waals surface area (Å²) in [7, 11) is 0. The molecule has 0 bridgehead atoms. The predicted octanol–water partition coefficient (Wildman–Crippen LogP) is 3.97. The first-order valence-electron chi connectivity index (χ1n) is 7.65. The van der Waals surface area contributed by atoms with Crippen LogP contribution >= 0.6 is 0 Å². The van der Waals surface area contributed by atoms with Gasteiger partial charge in [0.15, 0.2) is 17.5 Å². The average Bonchev–Trinajstić information content (AvgIpc) is 3.04. The number of hydrogen-bond donors (Lipinski definition) is 0. The van der Waals surface area contributed by atoms with E-state index < -0.39 is 11.7 Å². The summed E-state index contributed by atoms with van der Waals surface area (Å²) in [6, 6.07) is 15.8. The molecule has 0 unspecified atom stereocenters. The molecule has 0 N–H and O–H groups in total. The molecule has 25 heavy (non-hydrogen) atoms. The molecular weight excluding hydrogens is 318 g/mol. The van der Waals surface area contributed by atoms with Crippen molar-refractivity contribution in [3.05, 3.63) is 71.5 Å². The molecule has 3 aromatic rings. The van der Waals surface area contributed by atoms with Gasteiger partial charge in [0.05, 0.1) is 6.07 Å². The molecule has 6 heteroatoms. The molecule has 2 heterocycles. The number of ether oxygens (including phenoxy) is 1. The van der Waals surface area contributed by atoms with Gasteiger partial charge >= 0.3 is 0 Å². The van der Waals surface area contributed by atoms with Gasteiger partial charge in [-0.25, -0.2) is 9.97 Å². The third-order valence-corrected chi connectivity index (χ3v) is 3.43. The number of aromatic nitrogens is 2. The Hall–Kier alpha value is -3.46. The van der Waals surface area contributed by atoms with Crippen molar-refractivity contribution < 1.29 is 13.9 Å². The third kappa shape index (κ3) is 3.72. The van der Waals surface area contributed by atoms with E-state index in [9.17, 15) is 10.1 Å². The molecule has 1 aromatic carbocycles. The molecule has 3 rings (SSSR count). The maximum Gasteiger partial charge on any atom is 0.290 e. The van der Waals surface area contributed by atoms with E-state index in [1.54, 1.807) is 32.0 Å². The van der Waals surface area contributed by atoms with Crippen LogP contribution in [0.2, 0.25) is 0 Å². The highest BCUT2D eigenvalue weighted by Crippen LogP contribution is 2.26. The number of Topliss-reactive ketones (excluding diaryl/α,β-unsaturated/α-hetero) is 1. The summed E-state index contributed by atoms with van der Waals surface area (Å²) in [4.78, 5) is 21.0. The fourth-order valence-electron chi connectivity index (χ4n) is 2.37. The zero-order valence-electron chi connectivity index (χ0n) is 13.8. The lowest BCUT2D eigenvalue weighted by atomic mass is 10.0. The first-order chi connectivity index (χ1) is 12.1. The predicted molar refractivity (Wildman–Crippen MR) is 89.4 cm³/mol. The van der Waals surface area contributed by atoms with Gasteiger partial charge in [0.25, 0.3) is 5.95 Å². The Morgan fingerprint density at radius 3 is 2.44 bits per heavy atom. The van der Waals surface area contributed by atoms with E-state index in [1.165, 1.54) is 12.1 Å². The van der Waals surface area contributed by atoms with E-state index >= 15 is 0 Å². The van der Waals surface area contributed by atoms with Gasteiger partial charge in [-0.2, -0.15) is 5.26 Å². The summed E-state index contributed by atoms with van der Waals surface area (Å²) < 4.78 is 11.0. The number of nitrogens with zero attached hydrogens (tertiary/aromatic N) is 3. The molecule has 0 saturated heterocycles. The summed E-state index contributed by atoms with van der Waals surface area (Å²) in [6.07, 6.45) is 0. The maximum absolute atomic E-state index is 12.6. The quantitative estimate of drug-likeness (QED) is 0.656. The lowest BCUT2D eigenvalue weighted by Gasteiger charge is -2.07. The molecule has 0 amide bonds. The second-order valence-corrected chi connectivity index (χ2v) is 5.47. The molecule has 124 valence electrons. The molecule has 0 aliphatic heterocycles. The highest BCUT2D eigenvalue weighted by Gasteiger charge is 2.28. The van der Waals surface area contributed by atoms with Crippen LogP contribution in [0, 0.1) is 25.2 Å². The Labute approximate surface area is 144 Å². The number of hydrogen-bond acceptors (Lipinski definition) is 6. The molecular formula is C19H15N3O3. The van der Waals surface area contributed by atoms with E-state index in [-0.39, 0.29) is 17.5 Å². The van der Waals surface area contributed by atoms with Gasteiger partial charge in [-0.3, -0.25) is 4.79 Å². The third-order valence-electron chi connectivity index (χ3n) is 3.43. The van der Waals surface area contributed by atoms with Gasteiger partial charge in [0.2, 0.25) is 5.78 Å². The molecule has 0 saturated carbocycles. The number of furan rings is 1. The van der Waals surface area contributed by atoms with Crippen LogP contribution in [0.5, 0.6) is 11.7 Å². The number of nitriles is 1. The van der Waals surface area contributed by atoms with Crippen molar-refractivity contribution in [1.29, 1.82) is 5.26 Å². The highest BCUT2D eigenvalue weighted by molar-refractivity contribution is 6.00. The molecule has 0 spiro atoms. The van der Waals surface area contributed by atoms with Crippen molar-refractivity contribution in [2.75, 3.05) is 0 Å². The zero-order chi connectivity index (χ0) is 17.8. The summed E-state index contributed by atoms with van der Waals surface area (Å²) in [6.45, 7) is 3.57. The summed E-state index contributed by atoms with van der Waals surface area (Å²) in [5.41, 5.74) is 1.39. The number of para-hydroxylation sites is 1. The van der Waals surface area contributed by atoms with E-state index in [0.717, 1.165) is 0 Å². The number of ketones is 1. The Balaban J connectivity index is 1.83. The summed E-state index contributed by atoms with van der Waals surface area (Å²) >= 11 is 0. The Morgan fingerprint density at radius 1 is 1.12 bits per heavy atom. The van der Waals surface area contributed by atoms with Gasteiger partial charge in [-0.05, 0) is 38.1 Å². The van der Waals surface area contributed by atoms with E-state index in [2.05, 4.69) is 9.97 Å². The molecule has 0 aliphatic rings. The van der Waals surface area contributed by atoms with Crippen LogP contribution < -0.4 is 4.74 Å². The van der Waals surface area contributed by atoms with Crippen molar-refractivity contribution in [2.45, 2.75) is 19.8 Å². The van der Waals surface area contributed by atoms with Crippen LogP contribution in [0.4, 0.5) is 0 Å². The molecule has 2 aromatic heterocycles. The van der Waals surface area contributed by atoms with Crippen molar-refractivity contribution in [2.24, 2.45) is 0 Å². The first-order valence-corrected chi connectivity index (χ1v) is 7.65. The SMILES string of the molecule is Cc1cc(C)nc([C@H](C#N)C(=O)c2ccc(Oc3ccccc3)o2)n1. The molecule has 1 atom stereocenters. The lowest BCUT2D eigenvalue weighted by Crippen LogP contribution is -2.15. The molecule has 6 nitrogen and oxygen atoms in total. The molecule has 0 aliphatic carbocycles. The summed E-state index contributed by atoms with van der Waals surface area (Å²) in [5, 5.41) is 9.41. The second-order valence-electron chi connectivity index (χ2n) is 5.47. The van der Waals surface area contributed by atoms with E-state index in [0.29, 0.717) is 17.1 Å². The largest absolute Gasteiger partial charge is 0.426 e. The topological polar surface area (TPSA) is 89.0 Å². The van der Waals surface area contributed by atoms with E-state index in [4.69, 9.17) is 9.15 Å². The van der Waals surface area contributed by atoms with Crippen molar-refractivity contribution in [1.82, 2.24) is 9.97 Å². The van der Waals surface area contributed by atoms with Crippen molar-refractivity contribution in [3.8, 4) is 17.8 Å². The normalized spacial score (nSPS) is 11.6. The fraction of sp³-hybridized carbons (Fsp3) is 0.158. The monoisotopic (exact) mass is 333 g/mol. The van der Waals surface area contributed by atoms with Gasteiger partial charge in [-0.15, -0.1) is 0 Å². The van der Waals surface area contributed by atoms with Gasteiger partial charge in [0.1, 0.15) is 5.75 Å². The highest BCUT2D eigenvalue weighted by atomic mass is 16.6. The van der Waals surface area contributed by atoms with Crippen LogP contribution in [0.25, 0.3) is 0 Å². The number of benzene rings is 1. The Bertz CT molecular complexity index is 922. The standard InChI is InChI=1S/C19H15N3O3/c1-12-10-13(2)22-19(21-12)15(11-20)18(23)16-8-9-17(25-16)24-14-6-4-3-5-7-14/h3-10,15H,1-2H3/t15-/m1/s1. The lowest BCUT2D eigenvalue weighted by molar-refractivity contribution is 0.0944. The first kappa shape index (κ1) is 16.4. The maximum atomic E-state index is 12.6. The van der Waals surface area contributed by atoms with Crippen molar-refractivity contribution >= 4 is 5.78 Å². The zero-order valence-corrected chi connectivity index (χ0v) is 13.8.